The van der Waals surface area contributed by atoms with E-state index in [-0.39, 0.29) is 17.4 Å². The van der Waals surface area contributed by atoms with Crippen LogP contribution in [0.15, 0.2) is 29.5 Å². The molecule has 1 saturated carbocycles. The van der Waals surface area contributed by atoms with E-state index in [9.17, 15) is 10.1 Å². The molecule has 1 amide bonds. The summed E-state index contributed by atoms with van der Waals surface area (Å²) in [6.07, 6.45) is 8.01. The lowest BCUT2D eigenvalue weighted by molar-refractivity contribution is 0.100. The van der Waals surface area contributed by atoms with E-state index in [1.165, 1.54) is 12.4 Å². The molecule has 0 bridgehead atoms. The van der Waals surface area contributed by atoms with E-state index in [1.54, 1.807) is 18.2 Å². The standard InChI is InChI=1S/C21H26N10O/c22-7-8-28-31-18-9-15(6-5-13(18)10-23)29-20-16(19(25)32)12-27-21(30-20)26-11-14-3-1-2-4-17(14)24/h5-9,12,14,17,22,31H,1-4,11,24H2,(H2,25,32)(H2,26,27,29,30)/b22-7?,28-8-/t14-,17-/m0/s1. The monoisotopic (exact) mass is 434 g/mol. The van der Waals surface area contributed by atoms with Crippen LogP contribution >= 0.6 is 0 Å². The summed E-state index contributed by atoms with van der Waals surface area (Å²) in [7, 11) is 0. The van der Waals surface area contributed by atoms with Gasteiger partial charge in [-0.3, -0.25) is 10.2 Å². The summed E-state index contributed by atoms with van der Waals surface area (Å²) in [5.41, 5.74) is 15.9. The lowest BCUT2D eigenvalue weighted by Crippen LogP contribution is -2.37. The number of nitriles is 1. The number of nitrogens with one attached hydrogen (secondary N) is 4. The van der Waals surface area contributed by atoms with E-state index in [0.717, 1.165) is 31.9 Å². The van der Waals surface area contributed by atoms with Crippen LogP contribution in [0.2, 0.25) is 0 Å². The van der Waals surface area contributed by atoms with E-state index in [0.29, 0.717) is 35.3 Å². The van der Waals surface area contributed by atoms with Gasteiger partial charge in [0.05, 0.1) is 17.5 Å². The van der Waals surface area contributed by atoms with Gasteiger partial charge in [0.1, 0.15) is 17.5 Å². The third-order valence-electron chi connectivity index (χ3n) is 5.28. The van der Waals surface area contributed by atoms with Crippen molar-refractivity contribution in [1.29, 1.82) is 10.7 Å². The number of benzene rings is 1. The highest BCUT2D eigenvalue weighted by atomic mass is 16.1. The second-order valence-corrected chi connectivity index (χ2v) is 7.46. The molecule has 1 fully saturated rings. The van der Waals surface area contributed by atoms with E-state index in [1.807, 2.05) is 0 Å². The van der Waals surface area contributed by atoms with Crippen molar-refractivity contribution in [3.8, 4) is 6.07 Å². The van der Waals surface area contributed by atoms with Gasteiger partial charge in [0.2, 0.25) is 5.95 Å². The number of carbonyl (C=O) groups is 1. The highest BCUT2D eigenvalue weighted by molar-refractivity contribution is 6.14. The highest BCUT2D eigenvalue weighted by Gasteiger charge is 2.22. The molecule has 0 radical (unpaired) electrons. The Kier molecular flexibility index (Phi) is 7.66. The van der Waals surface area contributed by atoms with Gasteiger partial charge in [0.15, 0.2) is 0 Å². The van der Waals surface area contributed by atoms with Crippen LogP contribution < -0.4 is 27.5 Å². The molecular formula is C21H26N10O. The fourth-order valence-corrected chi connectivity index (χ4v) is 3.55. The number of hydrogen-bond acceptors (Lipinski definition) is 10. The molecule has 1 aliphatic rings. The Balaban J connectivity index is 1.81. The lowest BCUT2D eigenvalue weighted by atomic mass is 9.85. The third kappa shape index (κ3) is 5.77. The molecule has 32 heavy (non-hydrogen) atoms. The first-order valence-corrected chi connectivity index (χ1v) is 10.3. The van der Waals surface area contributed by atoms with Gasteiger partial charge in [-0.15, -0.1) is 0 Å². The van der Waals surface area contributed by atoms with Crippen molar-refractivity contribution in [2.45, 2.75) is 31.7 Å². The average Bonchev–Trinajstić information content (AvgIpc) is 2.79. The van der Waals surface area contributed by atoms with Gasteiger partial charge < -0.3 is 27.5 Å². The zero-order chi connectivity index (χ0) is 22.9. The average molecular weight is 435 g/mol. The number of anilines is 4. The largest absolute Gasteiger partial charge is 0.365 e. The van der Waals surface area contributed by atoms with Crippen LogP contribution in [0.1, 0.15) is 41.6 Å². The Morgan fingerprint density at radius 2 is 2.19 bits per heavy atom. The number of hydrazone groups is 1. The Morgan fingerprint density at radius 1 is 1.38 bits per heavy atom. The summed E-state index contributed by atoms with van der Waals surface area (Å²) >= 11 is 0. The smallest absolute Gasteiger partial charge is 0.254 e. The molecule has 1 aliphatic carbocycles. The predicted octanol–water partition coefficient (Wildman–Crippen LogP) is 2.17. The fourth-order valence-electron chi connectivity index (χ4n) is 3.55. The van der Waals surface area contributed by atoms with Crippen molar-refractivity contribution in [2.24, 2.45) is 22.5 Å². The normalized spacial score (nSPS) is 18.0. The van der Waals surface area contributed by atoms with E-state index < -0.39 is 5.91 Å². The molecule has 1 heterocycles. The molecule has 11 heteroatoms. The number of amides is 1. The molecule has 0 spiro atoms. The van der Waals surface area contributed by atoms with Crippen molar-refractivity contribution < 1.29 is 4.79 Å². The molecule has 2 atom stereocenters. The second-order valence-electron chi connectivity index (χ2n) is 7.46. The molecule has 2 aromatic rings. The highest BCUT2D eigenvalue weighted by Crippen LogP contribution is 2.26. The Hall–Kier alpha value is -4.04. The Morgan fingerprint density at radius 3 is 2.91 bits per heavy atom. The first kappa shape index (κ1) is 22.6. The van der Waals surface area contributed by atoms with Crippen LogP contribution in [0.3, 0.4) is 0 Å². The summed E-state index contributed by atoms with van der Waals surface area (Å²) in [4.78, 5) is 20.5. The number of aromatic nitrogens is 2. The maximum Gasteiger partial charge on any atom is 0.254 e. The minimum Gasteiger partial charge on any atom is -0.365 e. The van der Waals surface area contributed by atoms with E-state index >= 15 is 0 Å². The minimum absolute atomic E-state index is 0.130. The second kappa shape index (κ2) is 10.8. The molecule has 0 aliphatic heterocycles. The lowest BCUT2D eigenvalue weighted by Gasteiger charge is -2.28. The van der Waals surface area contributed by atoms with Gasteiger partial charge in [0.25, 0.3) is 5.91 Å². The summed E-state index contributed by atoms with van der Waals surface area (Å²) in [5.74, 6) is 0.267. The molecule has 1 aromatic heterocycles. The first-order valence-electron chi connectivity index (χ1n) is 10.3. The number of nitrogens with zero attached hydrogens (tertiary/aromatic N) is 4. The third-order valence-corrected chi connectivity index (χ3v) is 5.28. The van der Waals surface area contributed by atoms with Crippen LogP contribution in [0.4, 0.5) is 23.1 Å². The number of nitrogens with two attached hydrogens (primary N) is 2. The molecule has 3 rings (SSSR count). The van der Waals surface area contributed by atoms with Gasteiger partial charge in [-0.25, -0.2) is 4.98 Å². The van der Waals surface area contributed by atoms with Gasteiger partial charge in [0, 0.05) is 30.7 Å². The molecule has 11 nitrogen and oxygen atoms in total. The van der Waals surface area contributed by atoms with Crippen LogP contribution in [0, 0.1) is 22.7 Å². The summed E-state index contributed by atoms with van der Waals surface area (Å²) in [6, 6.07) is 7.12. The van der Waals surface area contributed by atoms with Gasteiger partial charge >= 0.3 is 0 Å². The van der Waals surface area contributed by atoms with Crippen LogP contribution in [-0.2, 0) is 0 Å². The fraction of sp³-hybridized carbons (Fsp3) is 0.333. The molecule has 8 N–H and O–H groups in total. The van der Waals surface area contributed by atoms with Crippen LogP contribution in [0.5, 0.6) is 0 Å². The SMILES string of the molecule is N#Cc1ccc(Nc2nc(NC[C@@H]3CCCC[C@@H]3N)ncc2C(N)=O)cc1N/N=C\C=N. The summed E-state index contributed by atoms with van der Waals surface area (Å²) in [5, 5.41) is 26.4. The number of hydrogen-bond donors (Lipinski definition) is 6. The number of carbonyl (C=O) groups excluding carboxylic acids is 1. The van der Waals surface area contributed by atoms with Crippen molar-refractivity contribution in [1.82, 2.24) is 9.97 Å². The van der Waals surface area contributed by atoms with Gasteiger partial charge in [-0.05, 0) is 37.0 Å². The molecule has 0 saturated heterocycles. The first-order chi connectivity index (χ1) is 15.5. The number of primary amides is 1. The zero-order valence-corrected chi connectivity index (χ0v) is 17.5. The summed E-state index contributed by atoms with van der Waals surface area (Å²) < 4.78 is 0. The maximum atomic E-state index is 11.9. The predicted molar refractivity (Wildman–Crippen MR) is 124 cm³/mol. The van der Waals surface area contributed by atoms with Gasteiger partial charge in [-0.1, -0.05) is 12.8 Å². The maximum absolute atomic E-state index is 11.9. The molecular weight excluding hydrogens is 408 g/mol. The Bertz CT molecular complexity index is 1050. The van der Waals surface area contributed by atoms with Gasteiger partial charge in [-0.2, -0.15) is 15.3 Å². The molecule has 166 valence electrons. The van der Waals surface area contributed by atoms with Crippen molar-refractivity contribution in [2.75, 3.05) is 22.6 Å². The Labute approximate surface area is 185 Å². The summed E-state index contributed by atoms with van der Waals surface area (Å²) in [6.45, 7) is 0.645. The molecule has 0 unspecified atom stereocenters. The van der Waals surface area contributed by atoms with Crippen LogP contribution in [0.25, 0.3) is 0 Å². The number of rotatable bonds is 9. The van der Waals surface area contributed by atoms with Crippen molar-refractivity contribution in [3.05, 3.63) is 35.5 Å². The van der Waals surface area contributed by atoms with Crippen molar-refractivity contribution >= 4 is 41.5 Å². The van der Waals surface area contributed by atoms with Crippen LogP contribution in [-0.4, -0.2) is 40.9 Å². The quantitative estimate of drug-likeness (QED) is 0.255. The van der Waals surface area contributed by atoms with E-state index in [2.05, 4.69) is 37.2 Å². The minimum atomic E-state index is -0.670. The molecule has 1 aromatic carbocycles. The topological polar surface area (TPSA) is 191 Å². The zero-order valence-electron chi connectivity index (χ0n) is 17.5. The van der Waals surface area contributed by atoms with E-state index in [4.69, 9.17) is 16.9 Å². The van der Waals surface area contributed by atoms with Crippen molar-refractivity contribution in [3.63, 3.8) is 0 Å².